The Kier molecular flexibility index (Phi) is 1.43. The molecule has 1 radical (unpaired) electrons. The van der Waals surface area contributed by atoms with Crippen molar-refractivity contribution in [2.24, 2.45) is 0 Å². The van der Waals surface area contributed by atoms with E-state index >= 15 is 0 Å². The average Bonchev–Trinajstić information content (AvgIpc) is 2.61. The molecular weight excluding hydrogens is 160 g/mol. The minimum absolute atomic E-state index is 0.972. The molecule has 0 bridgehead atoms. The first kappa shape index (κ1) is 7.15. The van der Waals surface area contributed by atoms with E-state index in [-0.39, 0.29) is 0 Å². The van der Waals surface area contributed by atoms with Gasteiger partial charge in [-0.15, -0.1) is 0 Å². The Morgan fingerprint density at radius 2 is 2.00 bits per heavy atom. The van der Waals surface area contributed by atoms with Gasteiger partial charge in [-0.05, 0) is 17.2 Å². The van der Waals surface area contributed by atoms with Crippen molar-refractivity contribution in [2.45, 2.75) is 0 Å². The summed E-state index contributed by atoms with van der Waals surface area (Å²) < 4.78 is 0. The van der Waals surface area contributed by atoms with Gasteiger partial charge < -0.3 is 10.6 Å². The number of fused-ring (bicyclic) bond motifs is 1. The van der Waals surface area contributed by atoms with Crippen LogP contribution in [-0.4, -0.2) is 13.1 Å². The lowest BCUT2D eigenvalue weighted by Crippen LogP contribution is -2.12. The summed E-state index contributed by atoms with van der Waals surface area (Å²) in [6, 6.07) is 8.40. The van der Waals surface area contributed by atoms with E-state index in [0.717, 1.165) is 13.1 Å². The van der Waals surface area contributed by atoms with Gasteiger partial charge in [-0.1, -0.05) is 18.2 Å². The quantitative estimate of drug-likeness (QED) is 0.618. The summed E-state index contributed by atoms with van der Waals surface area (Å²) in [5.41, 5.74) is 5.26. The van der Waals surface area contributed by atoms with Gasteiger partial charge in [0.05, 0.1) is 0 Å². The summed E-state index contributed by atoms with van der Waals surface area (Å²) in [6.07, 6.45) is 2.27. The highest BCUT2D eigenvalue weighted by Gasteiger charge is 2.20. The number of nitrogens with one attached hydrogen (secondary N) is 2. The van der Waals surface area contributed by atoms with E-state index in [1.807, 2.05) is 0 Å². The van der Waals surface area contributed by atoms with Gasteiger partial charge in [0.2, 0.25) is 0 Å². The first-order valence-electron chi connectivity index (χ1n) is 4.57. The van der Waals surface area contributed by atoms with Crippen molar-refractivity contribution in [1.29, 1.82) is 0 Å². The largest absolute Gasteiger partial charge is 0.358 e. The van der Waals surface area contributed by atoms with Crippen LogP contribution in [0.15, 0.2) is 35.5 Å². The fourth-order valence-corrected chi connectivity index (χ4v) is 1.89. The van der Waals surface area contributed by atoms with Gasteiger partial charge in [0.25, 0.3) is 0 Å². The van der Waals surface area contributed by atoms with Crippen LogP contribution in [0.3, 0.4) is 0 Å². The second-order valence-electron chi connectivity index (χ2n) is 3.46. The molecule has 0 saturated heterocycles. The third-order valence-corrected chi connectivity index (χ3v) is 2.58. The molecule has 1 aromatic carbocycles. The predicted molar refractivity (Wildman–Crippen MR) is 53.4 cm³/mol. The Balaban J connectivity index is 2.04. The maximum Gasteiger partial charge on any atom is 0.0421 e. The molecule has 0 amide bonds. The number of hydrogen-bond donors (Lipinski definition) is 2. The molecule has 2 nitrogen and oxygen atoms in total. The fourth-order valence-electron chi connectivity index (χ4n) is 1.89. The molecule has 13 heavy (non-hydrogen) atoms. The van der Waals surface area contributed by atoms with Crippen LogP contribution in [0.2, 0.25) is 0 Å². The van der Waals surface area contributed by atoms with Gasteiger partial charge in [0.15, 0.2) is 0 Å². The normalized spacial score (nSPS) is 19.4. The van der Waals surface area contributed by atoms with Crippen molar-refractivity contribution in [3.63, 3.8) is 0 Å². The van der Waals surface area contributed by atoms with Gasteiger partial charge in [0, 0.05) is 30.9 Å². The molecule has 2 aliphatic rings. The summed E-state index contributed by atoms with van der Waals surface area (Å²) in [5, 5.41) is 6.78. The van der Waals surface area contributed by atoms with Crippen LogP contribution in [0.4, 0.5) is 5.69 Å². The van der Waals surface area contributed by atoms with E-state index < -0.39 is 0 Å². The van der Waals surface area contributed by atoms with Crippen molar-refractivity contribution in [2.75, 3.05) is 18.4 Å². The molecule has 0 unspecified atom stereocenters. The monoisotopic (exact) mass is 171 g/mol. The molecule has 1 aromatic rings. The van der Waals surface area contributed by atoms with Crippen LogP contribution in [-0.2, 0) is 0 Å². The van der Waals surface area contributed by atoms with Gasteiger partial charge in [0.1, 0.15) is 0 Å². The average molecular weight is 171 g/mol. The van der Waals surface area contributed by atoms with Crippen molar-refractivity contribution in [1.82, 2.24) is 5.32 Å². The molecule has 0 spiro atoms. The van der Waals surface area contributed by atoms with Crippen LogP contribution >= 0.6 is 0 Å². The Labute approximate surface area is 77.7 Å². The summed E-state index contributed by atoms with van der Waals surface area (Å²) in [7, 11) is 0. The molecule has 65 valence electrons. The van der Waals surface area contributed by atoms with Crippen molar-refractivity contribution in [3.05, 3.63) is 47.5 Å². The highest BCUT2D eigenvalue weighted by atomic mass is 15.0. The number of rotatable bonds is 0. The van der Waals surface area contributed by atoms with Gasteiger partial charge in [-0.2, -0.15) is 0 Å². The van der Waals surface area contributed by atoms with Crippen LogP contribution in [0.5, 0.6) is 0 Å². The zero-order chi connectivity index (χ0) is 8.67. The first-order chi connectivity index (χ1) is 6.43. The van der Waals surface area contributed by atoms with E-state index in [4.69, 9.17) is 0 Å². The second kappa shape index (κ2) is 2.60. The topological polar surface area (TPSA) is 24.1 Å². The van der Waals surface area contributed by atoms with Crippen LogP contribution in [0.1, 0.15) is 5.56 Å². The summed E-state index contributed by atoms with van der Waals surface area (Å²) in [5.74, 6) is 0. The minimum atomic E-state index is 0.972. The maximum atomic E-state index is 3.44. The first-order valence-corrected chi connectivity index (χ1v) is 4.57. The maximum absolute atomic E-state index is 3.44. The van der Waals surface area contributed by atoms with Gasteiger partial charge >= 0.3 is 0 Å². The van der Waals surface area contributed by atoms with E-state index in [1.165, 1.54) is 22.5 Å². The number of hydrogen-bond acceptors (Lipinski definition) is 2. The van der Waals surface area contributed by atoms with Crippen LogP contribution in [0, 0.1) is 6.42 Å². The Morgan fingerprint density at radius 1 is 1.08 bits per heavy atom. The molecule has 2 heterocycles. The molecule has 0 aromatic heterocycles. The Morgan fingerprint density at radius 3 is 3.00 bits per heavy atom. The standard InChI is InChI=1S/C11H11N2/c1-2-4-10-8(3-1)5-9-6-12-7-11(9)13-10/h1-5,12-13H,6-7H2. The number of anilines is 1. The highest BCUT2D eigenvalue weighted by Crippen LogP contribution is 2.29. The third-order valence-electron chi connectivity index (χ3n) is 2.58. The van der Waals surface area contributed by atoms with E-state index in [2.05, 4.69) is 41.3 Å². The van der Waals surface area contributed by atoms with E-state index in [9.17, 15) is 0 Å². The zero-order valence-corrected chi connectivity index (χ0v) is 7.30. The number of para-hydroxylation sites is 1. The molecule has 2 aliphatic heterocycles. The molecule has 2 heteroatoms. The highest BCUT2D eigenvalue weighted by molar-refractivity contribution is 5.66. The molecule has 2 N–H and O–H groups in total. The van der Waals surface area contributed by atoms with E-state index in [1.54, 1.807) is 0 Å². The summed E-state index contributed by atoms with van der Waals surface area (Å²) in [6.45, 7) is 1.97. The molecule has 0 saturated carbocycles. The summed E-state index contributed by atoms with van der Waals surface area (Å²) >= 11 is 0. The molecular formula is C11H11N2. The van der Waals surface area contributed by atoms with Gasteiger partial charge in [-0.3, -0.25) is 0 Å². The van der Waals surface area contributed by atoms with Crippen molar-refractivity contribution >= 4 is 5.69 Å². The van der Waals surface area contributed by atoms with Crippen LogP contribution < -0.4 is 10.6 Å². The lowest BCUT2D eigenvalue weighted by Gasteiger charge is -2.19. The molecule has 0 fully saturated rings. The lowest BCUT2D eigenvalue weighted by molar-refractivity contribution is 0.869. The summed E-state index contributed by atoms with van der Waals surface area (Å²) in [4.78, 5) is 0. The van der Waals surface area contributed by atoms with Gasteiger partial charge in [-0.25, -0.2) is 0 Å². The third kappa shape index (κ3) is 1.06. The smallest absolute Gasteiger partial charge is 0.0421 e. The van der Waals surface area contributed by atoms with Crippen molar-refractivity contribution < 1.29 is 0 Å². The van der Waals surface area contributed by atoms with Crippen LogP contribution in [0.25, 0.3) is 0 Å². The van der Waals surface area contributed by atoms with Crippen molar-refractivity contribution in [3.8, 4) is 0 Å². The Hall–Kier alpha value is -1.28. The number of benzene rings is 1. The zero-order valence-electron chi connectivity index (χ0n) is 7.30. The molecule has 0 atom stereocenters. The Bertz CT molecular complexity index is 344. The second-order valence-corrected chi connectivity index (χ2v) is 3.46. The predicted octanol–water partition coefficient (Wildman–Crippen LogP) is 1.52. The minimum Gasteiger partial charge on any atom is -0.358 e. The fraction of sp³-hybridized carbons (Fsp3) is 0.182. The van der Waals surface area contributed by atoms with E-state index in [0.29, 0.717) is 0 Å². The lowest BCUT2D eigenvalue weighted by atomic mass is 9.99. The molecule has 3 rings (SSSR count). The SMILES string of the molecule is [CH]1C2=C(CNC2)Nc2ccccc21. The molecule has 0 aliphatic carbocycles.